The molecule has 3 aromatic carbocycles. The van der Waals surface area contributed by atoms with Gasteiger partial charge in [-0.25, -0.2) is 12.8 Å². The average molecular weight is 609 g/mol. The van der Waals surface area contributed by atoms with Crippen LogP contribution in [0.3, 0.4) is 0 Å². The number of carbonyl (C=O) groups excluding carboxylic acids is 2. The van der Waals surface area contributed by atoms with E-state index in [1.165, 1.54) is 29.2 Å². The number of carbonyl (C=O) groups is 2. The molecule has 0 aromatic heterocycles. The standard InChI is InChI=1S/C29H32Cl2FN3O4S/c1-4-27(29(37)33-17-20(2)3)34(18-24-25(30)11-8-12-26(24)31)28(36)19-35(22-15-13-21(32)14-16-22)40(38,39)23-9-6-5-7-10-23/h5-16,20,27H,4,17-19H2,1-3H3,(H,33,37). The first kappa shape index (κ1) is 31.4. The Morgan fingerprint density at radius 1 is 0.925 bits per heavy atom. The van der Waals surface area contributed by atoms with Crippen LogP contribution in [-0.4, -0.2) is 44.3 Å². The fourth-order valence-electron chi connectivity index (χ4n) is 4.05. The van der Waals surface area contributed by atoms with Gasteiger partial charge in [0.15, 0.2) is 0 Å². The maximum atomic E-state index is 14.0. The molecule has 0 aliphatic carbocycles. The molecule has 0 spiro atoms. The Hall–Kier alpha value is -3.14. The maximum absolute atomic E-state index is 14.0. The molecule has 0 fully saturated rings. The van der Waals surface area contributed by atoms with Gasteiger partial charge in [-0.15, -0.1) is 0 Å². The zero-order chi connectivity index (χ0) is 29.4. The first-order valence-electron chi connectivity index (χ1n) is 12.8. The molecular weight excluding hydrogens is 576 g/mol. The highest BCUT2D eigenvalue weighted by molar-refractivity contribution is 7.92. The van der Waals surface area contributed by atoms with Crippen molar-refractivity contribution in [3.8, 4) is 0 Å². The van der Waals surface area contributed by atoms with E-state index in [0.717, 1.165) is 16.4 Å². The summed E-state index contributed by atoms with van der Waals surface area (Å²) in [7, 11) is -4.25. The van der Waals surface area contributed by atoms with Crippen molar-refractivity contribution in [2.24, 2.45) is 5.92 Å². The van der Waals surface area contributed by atoms with E-state index in [4.69, 9.17) is 23.2 Å². The third kappa shape index (κ3) is 7.74. The quantitative estimate of drug-likeness (QED) is 0.277. The van der Waals surface area contributed by atoms with Crippen molar-refractivity contribution < 1.29 is 22.4 Å². The molecule has 0 bridgehead atoms. The van der Waals surface area contributed by atoms with Crippen LogP contribution in [-0.2, 0) is 26.2 Å². The normalized spacial score (nSPS) is 12.2. The minimum Gasteiger partial charge on any atom is -0.354 e. The summed E-state index contributed by atoms with van der Waals surface area (Å²) in [6.07, 6.45) is 0.250. The Labute approximate surface area is 244 Å². The monoisotopic (exact) mass is 607 g/mol. The summed E-state index contributed by atoms with van der Waals surface area (Å²) in [5.74, 6) is -1.43. The van der Waals surface area contributed by atoms with Gasteiger partial charge in [0.05, 0.1) is 10.6 Å². The van der Waals surface area contributed by atoms with Crippen LogP contribution in [0.4, 0.5) is 10.1 Å². The van der Waals surface area contributed by atoms with E-state index in [1.54, 1.807) is 43.3 Å². The fourth-order valence-corrected chi connectivity index (χ4v) is 6.00. The van der Waals surface area contributed by atoms with Crippen LogP contribution in [0.15, 0.2) is 77.7 Å². The van der Waals surface area contributed by atoms with E-state index >= 15 is 0 Å². The third-order valence-electron chi connectivity index (χ3n) is 6.19. The van der Waals surface area contributed by atoms with Crippen molar-refractivity contribution >= 4 is 50.7 Å². The van der Waals surface area contributed by atoms with Crippen LogP contribution in [0.25, 0.3) is 0 Å². The molecular formula is C29H32Cl2FN3O4S. The lowest BCUT2D eigenvalue weighted by atomic mass is 10.1. The van der Waals surface area contributed by atoms with Crippen LogP contribution in [0.2, 0.25) is 10.0 Å². The molecule has 40 heavy (non-hydrogen) atoms. The molecule has 0 heterocycles. The molecule has 0 saturated heterocycles. The first-order valence-corrected chi connectivity index (χ1v) is 15.0. The number of amides is 2. The van der Waals surface area contributed by atoms with Gasteiger partial charge in [0, 0.05) is 28.7 Å². The van der Waals surface area contributed by atoms with Gasteiger partial charge in [-0.2, -0.15) is 0 Å². The summed E-state index contributed by atoms with van der Waals surface area (Å²) in [4.78, 5) is 28.5. The number of hydrogen-bond acceptors (Lipinski definition) is 4. The van der Waals surface area contributed by atoms with Crippen LogP contribution in [0.1, 0.15) is 32.8 Å². The van der Waals surface area contributed by atoms with E-state index in [9.17, 15) is 22.4 Å². The summed E-state index contributed by atoms with van der Waals surface area (Å²) in [5, 5.41) is 3.46. The van der Waals surface area contributed by atoms with Crippen molar-refractivity contribution in [3.05, 3.63) is 94.2 Å². The second-order valence-corrected chi connectivity index (χ2v) is 12.3. The third-order valence-corrected chi connectivity index (χ3v) is 8.68. The fraction of sp³-hybridized carbons (Fsp3) is 0.310. The molecule has 3 rings (SSSR count). The van der Waals surface area contributed by atoms with Gasteiger partial charge < -0.3 is 10.2 Å². The summed E-state index contributed by atoms with van der Waals surface area (Å²) < 4.78 is 42.1. The summed E-state index contributed by atoms with van der Waals surface area (Å²) >= 11 is 12.8. The number of halogens is 3. The number of hydrogen-bond donors (Lipinski definition) is 1. The van der Waals surface area contributed by atoms with Gasteiger partial charge in [-0.1, -0.05) is 68.2 Å². The van der Waals surface area contributed by atoms with Crippen LogP contribution >= 0.6 is 23.2 Å². The number of nitrogens with zero attached hydrogens (tertiary/aromatic N) is 2. The van der Waals surface area contributed by atoms with E-state index in [-0.39, 0.29) is 35.4 Å². The van der Waals surface area contributed by atoms with Gasteiger partial charge in [0.2, 0.25) is 11.8 Å². The maximum Gasteiger partial charge on any atom is 0.264 e. The van der Waals surface area contributed by atoms with Crippen molar-refractivity contribution in [1.82, 2.24) is 10.2 Å². The Kier molecular flexibility index (Phi) is 11.0. The van der Waals surface area contributed by atoms with Crippen molar-refractivity contribution in [2.45, 2.75) is 44.7 Å². The molecule has 0 aliphatic heterocycles. The largest absolute Gasteiger partial charge is 0.354 e. The molecule has 1 unspecified atom stereocenters. The molecule has 3 aromatic rings. The minimum absolute atomic E-state index is 0.0467. The predicted molar refractivity (Wildman–Crippen MR) is 156 cm³/mol. The summed E-state index contributed by atoms with van der Waals surface area (Å²) in [5.41, 5.74) is 0.514. The first-order chi connectivity index (χ1) is 18.9. The number of sulfonamides is 1. The van der Waals surface area contributed by atoms with Crippen molar-refractivity contribution in [2.75, 3.05) is 17.4 Å². The molecule has 214 valence electrons. The minimum atomic E-state index is -4.25. The predicted octanol–water partition coefficient (Wildman–Crippen LogP) is 5.91. The highest BCUT2D eigenvalue weighted by atomic mass is 35.5. The lowest BCUT2D eigenvalue weighted by Gasteiger charge is -2.33. The van der Waals surface area contributed by atoms with Gasteiger partial charge >= 0.3 is 0 Å². The van der Waals surface area contributed by atoms with E-state index < -0.39 is 34.3 Å². The van der Waals surface area contributed by atoms with Crippen LogP contribution in [0, 0.1) is 11.7 Å². The molecule has 7 nitrogen and oxygen atoms in total. The second kappa shape index (κ2) is 14.0. The van der Waals surface area contributed by atoms with Gasteiger partial charge in [0.25, 0.3) is 10.0 Å². The summed E-state index contributed by atoms with van der Waals surface area (Å²) in [6, 6.07) is 16.4. The Balaban J connectivity index is 2.07. The molecule has 0 aliphatic rings. The SMILES string of the molecule is CCC(C(=O)NCC(C)C)N(Cc1c(Cl)cccc1Cl)C(=O)CN(c1ccc(F)cc1)S(=O)(=O)c1ccccc1. The number of benzene rings is 3. The van der Waals surface area contributed by atoms with E-state index in [0.29, 0.717) is 22.2 Å². The highest BCUT2D eigenvalue weighted by Gasteiger charge is 2.34. The molecule has 1 N–H and O–H groups in total. The van der Waals surface area contributed by atoms with E-state index in [2.05, 4.69) is 5.32 Å². The topological polar surface area (TPSA) is 86.8 Å². The molecule has 0 radical (unpaired) electrons. The zero-order valence-corrected chi connectivity index (χ0v) is 24.8. The Morgan fingerprint density at radius 3 is 2.08 bits per heavy atom. The van der Waals surface area contributed by atoms with Crippen molar-refractivity contribution in [1.29, 1.82) is 0 Å². The second-order valence-electron chi connectivity index (χ2n) is 9.59. The number of nitrogens with one attached hydrogen (secondary N) is 1. The van der Waals surface area contributed by atoms with Gasteiger partial charge in [-0.05, 0) is 60.9 Å². The zero-order valence-electron chi connectivity index (χ0n) is 22.5. The average Bonchev–Trinajstić information content (AvgIpc) is 2.92. The van der Waals surface area contributed by atoms with Gasteiger partial charge in [-0.3, -0.25) is 13.9 Å². The summed E-state index contributed by atoms with van der Waals surface area (Å²) in [6.45, 7) is 5.26. The molecule has 11 heteroatoms. The Morgan fingerprint density at radius 2 is 1.52 bits per heavy atom. The lowest BCUT2D eigenvalue weighted by Crippen LogP contribution is -2.52. The van der Waals surface area contributed by atoms with Gasteiger partial charge in [0.1, 0.15) is 18.4 Å². The highest BCUT2D eigenvalue weighted by Crippen LogP contribution is 2.29. The lowest BCUT2D eigenvalue weighted by molar-refractivity contribution is -0.140. The Bertz CT molecular complexity index is 1400. The van der Waals surface area contributed by atoms with E-state index in [1.807, 2.05) is 13.8 Å². The van der Waals surface area contributed by atoms with Crippen LogP contribution < -0.4 is 9.62 Å². The molecule has 0 saturated carbocycles. The van der Waals surface area contributed by atoms with Crippen molar-refractivity contribution in [3.63, 3.8) is 0 Å². The molecule has 2 amide bonds. The number of rotatable bonds is 12. The smallest absolute Gasteiger partial charge is 0.264 e. The molecule has 1 atom stereocenters. The van der Waals surface area contributed by atoms with Crippen LogP contribution in [0.5, 0.6) is 0 Å². The number of anilines is 1.